The molecule has 4 nitrogen and oxygen atoms in total. The topological polar surface area (TPSA) is 92.5 Å². The van der Waals surface area contributed by atoms with Gasteiger partial charge in [-0.05, 0) is 0 Å². The van der Waals surface area contributed by atoms with Crippen LogP contribution in [-0.4, -0.2) is 9.79 Å². The maximum atomic E-state index is 8.70. The second-order valence-electron chi connectivity index (χ2n) is 1.67. The predicted octanol–water partition coefficient (Wildman–Crippen LogP) is 1.35. The first kappa shape index (κ1) is 11.7. The van der Waals surface area contributed by atoms with Gasteiger partial charge in [0.25, 0.3) is 0 Å². The van der Waals surface area contributed by atoms with E-state index >= 15 is 0 Å². The lowest BCUT2D eigenvalue weighted by Gasteiger charge is -2.05. The average Bonchev–Trinajstić information content (AvgIpc) is 1.19. The summed E-state index contributed by atoms with van der Waals surface area (Å²) in [5.41, 5.74) is 0. The number of rotatable bonds is 0. The minimum Gasteiger partial charge on any atom is -0.344 e. The molecular formula is C4H13NO3P+. The van der Waals surface area contributed by atoms with Crippen molar-refractivity contribution in [2.45, 2.75) is 25.7 Å². The van der Waals surface area contributed by atoms with Gasteiger partial charge in [0.05, 0.1) is 0 Å². The van der Waals surface area contributed by atoms with E-state index in [2.05, 4.69) is 0 Å². The van der Waals surface area contributed by atoms with Gasteiger partial charge >= 0.3 is 8.25 Å². The van der Waals surface area contributed by atoms with E-state index in [-0.39, 0.29) is 6.15 Å². The molecule has 0 bridgehead atoms. The van der Waals surface area contributed by atoms with Crippen molar-refractivity contribution in [3.8, 4) is 0 Å². The van der Waals surface area contributed by atoms with Crippen molar-refractivity contribution in [2.24, 2.45) is 0 Å². The molecule has 0 spiro atoms. The Labute approximate surface area is 55.4 Å². The smallest absolute Gasteiger partial charge is 0.344 e. The molecule has 0 aliphatic heterocycles. The van der Waals surface area contributed by atoms with Crippen molar-refractivity contribution >= 4 is 8.25 Å². The van der Waals surface area contributed by atoms with Crippen molar-refractivity contribution < 1.29 is 14.4 Å². The zero-order chi connectivity index (χ0) is 6.41. The van der Waals surface area contributed by atoms with Crippen LogP contribution < -0.4 is 6.15 Å². The summed E-state index contributed by atoms with van der Waals surface area (Å²) in [6.45, 7) is 0. The van der Waals surface area contributed by atoms with Crippen LogP contribution in [0.25, 0.3) is 0 Å². The molecule has 0 saturated heterocycles. The molecule has 1 saturated carbocycles. The van der Waals surface area contributed by atoms with Gasteiger partial charge in [0.2, 0.25) is 0 Å². The molecule has 0 amide bonds. The minimum atomic E-state index is -2.87. The highest BCUT2D eigenvalue weighted by Crippen LogP contribution is 2.15. The van der Waals surface area contributed by atoms with Crippen LogP contribution in [0.4, 0.5) is 0 Å². The molecule has 0 heterocycles. The first-order valence-corrected chi connectivity index (χ1v) is 3.75. The second-order valence-corrected chi connectivity index (χ2v) is 2.17. The third-order valence-corrected chi connectivity index (χ3v) is 1.000. The highest BCUT2D eigenvalue weighted by molar-refractivity contribution is 7.30. The number of hydrogen-bond donors (Lipinski definition) is 3. The lowest BCUT2D eigenvalue weighted by atomic mass is 10.0. The molecule has 0 radical (unpaired) electrons. The zero-order valence-electron chi connectivity index (χ0n) is 5.29. The van der Waals surface area contributed by atoms with Crippen molar-refractivity contribution in [1.29, 1.82) is 0 Å². The molecule has 1 rings (SSSR count). The quantitative estimate of drug-likeness (QED) is 0.459. The molecular weight excluding hydrogens is 141 g/mol. The van der Waals surface area contributed by atoms with Gasteiger partial charge < -0.3 is 6.15 Å². The molecule has 1 fully saturated rings. The molecule has 0 unspecified atom stereocenters. The highest BCUT2D eigenvalue weighted by Gasteiger charge is 1.95. The fourth-order valence-corrected chi connectivity index (χ4v) is 0.250. The number of hydrogen-bond acceptors (Lipinski definition) is 2. The Balaban J connectivity index is 0. The monoisotopic (exact) mass is 154 g/mol. The summed E-state index contributed by atoms with van der Waals surface area (Å²) < 4.78 is 8.70. The summed E-state index contributed by atoms with van der Waals surface area (Å²) in [6.07, 6.45) is 6.00. The second kappa shape index (κ2) is 7.98. The van der Waals surface area contributed by atoms with E-state index in [0.29, 0.717) is 0 Å². The van der Waals surface area contributed by atoms with E-state index in [0.717, 1.165) is 0 Å². The maximum Gasteiger partial charge on any atom is 0.692 e. The summed E-state index contributed by atoms with van der Waals surface area (Å²) in [7, 11) is -2.87. The molecule has 0 aromatic rings. The van der Waals surface area contributed by atoms with Crippen LogP contribution >= 0.6 is 8.25 Å². The summed E-state index contributed by atoms with van der Waals surface area (Å²) in [5, 5.41) is 0. The third-order valence-electron chi connectivity index (χ3n) is 1.000. The first-order chi connectivity index (χ1) is 3.73. The van der Waals surface area contributed by atoms with Crippen molar-refractivity contribution in [1.82, 2.24) is 6.15 Å². The van der Waals surface area contributed by atoms with Crippen LogP contribution in [0.2, 0.25) is 0 Å². The van der Waals surface area contributed by atoms with Crippen LogP contribution in [0.5, 0.6) is 0 Å². The maximum absolute atomic E-state index is 8.70. The first-order valence-electron chi connectivity index (χ1n) is 2.58. The van der Waals surface area contributed by atoms with E-state index in [4.69, 9.17) is 14.4 Å². The fourth-order valence-electron chi connectivity index (χ4n) is 0.250. The Hall–Kier alpha value is -0.0200. The van der Waals surface area contributed by atoms with Crippen LogP contribution in [0.3, 0.4) is 0 Å². The molecule has 0 atom stereocenters. The van der Waals surface area contributed by atoms with Crippen molar-refractivity contribution in [3.05, 3.63) is 0 Å². The molecule has 0 aromatic carbocycles. The molecule has 5 N–H and O–H groups in total. The zero-order valence-corrected chi connectivity index (χ0v) is 6.18. The SMILES string of the molecule is C1CCC1.N.O=[P+](O)O. The molecule has 9 heavy (non-hydrogen) atoms. The molecule has 1 aliphatic carbocycles. The van der Waals surface area contributed by atoms with Gasteiger partial charge in [0, 0.05) is 4.57 Å². The highest BCUT2D eigenvalue weighted by atomic mass is 31.1. The lowest BCUT2D eigenvalue weighted by molar-refractivity contribution is 0.405. The molecule has 5 heteroatoms. The van der Waals surface area contributed by atoms with Crippen LogP contribution in [0.1, 0.15) is 25.7 Å². The summed E-state index contributed by atoms with van der Waals surface area (Å²) in [6, 6.07) is 0. The van der Waals surface area contributed by atoms with Crippen molar-refractivity contribution in [2.75, 3.05) is 0 Å². The predicted molar refractivity (Wildman–Crippen MR) is 35.5 cm³/mol. The average molecular weight is 154 g/mol. The van der Waals surface area contributed by atoms with Crippen molar-refractivity contribution in [3.63, 3.8) is 0 Å². The molecule has 0 aromatic heterocycles. The van der Waals surface area contributed by atoms with Crippen LogP contribution in [-0.2, 0) is 4.57 Å². The molecule has 1 aliphatic rings. The van der Waals surface area contributed by atoms with Crippen LogP contribution in [0, 0.1) is 0 Å². The Bertz CT molecular complexity index is 66.2. The Morgan fingerprint density at radius 3 is 1.11 bits per heavy atom. The lowest BCUT2D eigenvalue weighted by Crippen LogP contribution is -1.85. The minimum absolute atomic E-state index is 0. The van der Waals surface area contributed by atoms with E-state index in [9.17, 15) is 0 Å². The van der Waals surface area contributed by atoms with E-state index < -0.39 is 8.25 Å². The van der Waals surface area contributed by atoms with Gasteiger partial charge in [-0.3, -0.25) is 0 Å². The Kier molecular flexibility index (Phi) is 10.4. The van der Waals surface area contributed by atoms with Gasteiger partial charge in [-0.25, -0.2) is 0 Å². The van der Waals surface area contributed by atoms with E-state index in [1.165, 1.54) is 25.7 Å². The van der Waals surface area contributed by atoms with Gasteiger partial charge in [-0.15, -0.1) is 9.79 Å². The summed E-state index contributed by atoms with van der Waals surface area (Å²) >= 11 is 0. The third kappa shape index (κ3) is 18.0. The standard InChI is InChI=1S/C4H8.H3N.HO3P/c1-2-4-3-1;;1-4(2)3/h1-4H2;1H3;(H-,1,2,3)/p+1. The Morgan fingerprint density at radius 1 is 1.00 bits per heavy atom. The van der Waals surface area contributed by atoms with Gasteiger partial charge in [-0.2, -0.15) is 0 Å². The largest absolute Gasteiger partial charge is 0.692 e. The molecule has 56 valence electrons. The van der Waals surface area contributed by atoms with E-state index in [1.54, 1.807) is 0 Å². The van der Waals surface area contributed by atoms with E-state index in [1.807, 2.05) is 0 Å². The van der Waals surface area contributed by atoms with Gasteiger partial charge in [0.15, 0.2) is 0 Å². The van der Waals surface area contributed by atoms with Gasteiger partial charge in [-0.1, -0.05) is 25.7 Å². The fraction of sp³-hybridized carbons (Fsp3) is 1.00. The van der Waals surface area contributed by atoms with Crippen LogP contribution in [0.15, 0.2) is 0 Å². The normalized spacial score (nSPS) is 13.6. The summed E-state index contributed by atoms with van der Waals surface area (Å²) in [4.78, 5) is 14.2. The Morgan fingerprint density at radius 2 is 1.11 bits per heavy atom. The van der Waals surface area contributed by atoms with Gasteiger partial charge in [0.1, 0.15) is 0 Å². The summed E-state index contributed by atoms with van der Waals surface area (Å²) in [5.74, 6) is 0.